The Morgan fingerprint density at radius 1 is 1.22 bits per heavy atom. The fourth-order valence-electron chi connectivity index (χ4n) is 2.05. The maximum Gasteiger partial charge on any atom is 0.269 e. The van der Waals surface area contributed by atoms with E-state index < -0.39 is 4.92 Å². The summed E-state index contributed by atoms with van der Waals surface area (Å²) >= 11 is 0. The lowest BCUT2D eigenvalue weighted by Gasteiger charge is -2.09. The summed E-state index contributed by atoms with van der Waals surface area (Å²) in [5, 5.41) is 13.4. The van der Waals surface area contributed by atoms with E-state index >= 15 is 0 Å². The van der Waals surface area contributed by atoms with Crippen molar-refractivity contribution in [2.75, 3.05) is 11.9 Å². The minimum absolute atomic E-state index is 0.0109. The molecule has 6 nitrogen and oxygen atoms in total. The first-order valence-corrected chi connectivity index (χ1v) is 7.29. The molecule has 23 heavy (non-hydrogen) atoms. The number of ether oxygens (including phenoxy) is 1. The zero-order valence-corrected chi connectivity index (χ0v) is 12.8. The molecular weight excluding hydrogens is 296 g/mol. The van der Waals surface area contributed by atoms with Gasteiger partial charge in [-0.3, -0.25) is 14.9 Å². The molecule has 1 N–H and O–H groups in total. The second kappa shape index (κ2) is 7.93. The molecule has 0 spiro atoms. The predicted octanol–water partition coefficient (Wildman–Crippen LogP) is 3.70. The summed E-state index contributed by atoms with van der Waals surface area (Å²) in [4.78, 5) is 22.1. The number of anilines is 1. The average Bonchev–Trinajstić information content (AvgIpc) is 2.54. The van der Waals surface area contributed by atoms with Crippen LogP contribution in [0.5, 0.6) is 5.75 Å². The highest BCUT2D eigenvalue weighted by Gasteiger charge is 2.10. The second-order valence-electron chi connectivity index (χ2n) is 5.07. The minimum atomic E-state index is -0.459. The number of nitro benzene ring substituents is 1. The Balaban J connectivity index is 1.77. The van der Waals surface area contributed by atoms with E-state index in [2.05, 4.69) is 5.32 Å². The molecule has 0 aliphatic rings. The molecule has 0 fully saturated rings. The molecule has 2 aromatic rings. The van der Waals surface area contributed by atoms with Crippen LogP contribution in [0.3, 0.4) is 0 Å². The van der Waals surface area contributed by atoms with Crippen molar-refractivity contribution in [1.82, 2.24) is 0 Å². The topological polar surface area (TPSA) is 81.5 Å². The molecule has 2 aromatic carbocycles. The van der Waals surface area contributed by atoms with Crippen LogP contribution in [0, 0.1) is 17.0 Å². The smallest absolute Gasteiger partial charge is 0.269 e. The van der Waals surface area contributed by atoms with Crippen LogP contribution >= 0.6 is 0 Å². The molecule has 0 heterocycles. The number of aryl methyl sites for hydroxylation is 1. The first-order valence-electron chi connectivity index (χ1n) is 7.29. The van der Waals surface area contributed by atoms with Gasteiger partial charge in [0, 0.05) is 24.2 Å². The van der Waals surface area contributed by atoms with Gasteiger partial charge in [0.25, 0.3) is 5.69 Å². The summed E-state index contributed by atoms with van der Waals surface area (Å²) in [5.41, 5.74) is 1.26. The normalized spacial score (nSPS) is 10.1. The number of carbonyl (C=O) groups excluding carboxylic acids is 1. The zero-order chi connectivity index (χ0) is 16.7. The summed E-state index contributed by atoms with van der Waals surface area (Å²) in [6.07, 6.45) is 0.913. The van der Waals surface area contributed by atoms with Gasteiger partial charge in [-0.2, -0.15) is 0 Å². The highest BCUT2D eigenvalue weighted by molar-refractivity contribution is 5.91. The molecule has 2 rings (SSSR count). The van der Waals surface area contributed by atoms with Crippen molar-refractivity contribution < 1.29 is 14.5 Å². The highest BCUT2D eigenvalue weighted by atomic mass is 16.6. The molecule has 0 aromatic heterocycles. The Morgan fingerprint density at radius 3 is 2.61 bits per heavy atom. The molecule has 0 aliphatic carbocycles. The van der Waals surface area contributed by atoms with Crippen LogP contribution in [0.15, 0.2) is 48.5 Å². The van der Waals surface area contributed by atoms with E-state index in [9.17, 15) is 14.9 Å². The van der Waals surface area contributed by atoms with Gasteiger partial charge in [0.05, 0.1) is 11.5 Å². The van der Waals surface area contributed by atoms with Crippen molar-refractivity contribution >= 4 is 17.3 Å². The fourth-order valence-corrected chi connectivity index (χ4v) is 2.05. The maximum absolute atomic E-state index is 11.9. The van der Waals surface area contributed by atoms with Gasteiger partial charge in [-0.1, -0.05) is 18.2 Å². The van der Waals surface area contributed by atoms with E-state index in [0.717, 1.165) is 5.75 Å². The second-order valence-corrected chi connectivity index (χ2v) is 5.07. The Bertz CT molecular complexity index is 686. The van der Waals surface area contributed by atoms with Gasteiger partial charge in [-0.05, 0) is 37.1 Å². The number of hydrogen-bond acceptors (Lipinski definition) is 4. The zero-order valence-electron chi connectivity index (χ0n) is 12.8. The van der Waals surface area contributed by atoms with Gasteiger partial charge in [-0.25, -0.2) is 0 Å². The molecule has 0 bridgehead atoms. The lowest BCUT2D eigenvalue weighted by atomic mass is 10.1. The number of nitro groups is 1. The molecular formula is C17H18N2O4. The van der Waals surface area contributed by atoms with Crippen LogP contribution in [-0.4, -0.2) is 17.4 Å². The molecule has 0 atom stereocenters. The van der Waals surface area contributed by atoms with Crippen molar-refractivity contribution in [2.24, 2.45) is 0 Å². The van der Waals surface area contributed by atoms with Crippen LogP contribution < -0.4 is 10.1 Å². The van der Waals surface area contributed by atoms with Gasteiger partial charge in [0.15, 0.2) is 0 Å². The van der Waals surface area contributed by atoms with Gasteiger partial charge in [0.2, 0.25) is 5.91 Å². The van der Waals surface area contributed by atoms with E-state index in [-0.39, 0.29) is 11.6 Å². The maximum atomic E-state index is 11.9. The molecule has 1 amide bonds. The van der Waals surface area contributed by atoms with E-state index in [1.165, 1.54) is 12.1 Å². The van der Waals surface area contributed by atoms with Crippen LogP contribution in [0.2, 0.25) is 0 Å². The van der Waals surface area contributed by atoms with Gasteiger partial charge >= 0.3 is 0 Å². The van der Waals surface area contributed by atoms with Gasteiger partial charge in [0.1, 0.15) is 5.75 Å². The molecule has 0 aliphatic heterocycles. The van der Waals surface area contributed by atoms with E-state index in [4.69, 9.17) is 4.74 Å². The number of benzene rings is 2. The molecule has 0 radical (unpaired) electrons. The lowest BCUT2D eigenvalue weighted by Crippen LogP contribution is -2.13. The molecule has 120 valence electrons. The minimum Gasteiger partial charge on any atom is -0.494 e. The number of nitrogens with zero attached hydrogens (tertiary/aromatic N) is 1. The van der Waals surface area contributed by atoms with Crippen molar-refractivity contribution in [3.8, 4) is 5.75 Å². The fraction of sp³-hybridized carbons (Fsp3) is 0.235. The first-order chi connectivity index (χ1) is 11.1. The summed E-state index contributed by atoms with van der Waals surface area (Å²) in [6, 6.07) is 13.8. The van der Waals surface area contributed by atoms with Gasteiger partial charge < -0.3 is 10.1 Å². The number of amides is 1. The van der Waals surface area contributed by atoms with Crippen LogP contribution in [0.25, 0.3) is 0 Å². The summed E-state index contributed by atoms with van der Waals surface area (Å²) in [7, 11) is 0. The summed E-state index contributed by atoms with van der Waals surface area (Å²) in [6.45, 7) is 2.18. The number of hydrogen-bond donors (Lipinski definition) is 1. The highest BCUT2D eigenvalue weighted by Crippen LogP contribution is 2.21. The van der Waals surface area contributed by atoms with E-state index in [1.54, 1.807) is 13.0 Å². The third-order valence-corrected chi connectivity index (χ3v) is 3.26. The predicted molar refractivity (Wildman–Crippen MR) is 87.6 cm³/mol. The van der Waals surface area contributed by atoms with Crippen molar-refractivity contribution in [2.45, 2.75) is 19.8 Å². The standard InChI is InChI=1S/C17H18N2O4/c1-13-12-14(19(21)22)9-10-16(13)18-17(20)8-5-11-23-15-6-3-2-4-7-15/h2-4,6-7,9-10,12H,5,8,11H2,1H3,(H,18,20). The first kappa shape index (κ1) is 16.5. The van der Waals surface area contributed by atoms with Crippen molar-refractivity contribution in [3.63, 3.8) is 0 Å². The largest absolute Gasteiger partial charge is 0.494 e. The Labute approximate surface area is 134 Å². The van der Waals surface area contributed by atoms with Crippen LogP contribution in [-0.2, 0) is 4.79 Å². The molecule has 0 saturated heterocycles. The monoisotopic (exact) mass is 314 g/mol. The van der Waals surface area contributed by atoms with Crippen molar-refractivity contribution in [3.05, 3.63) is 64.2 Å². The summed E-state index contributed by atoms with van der Waals surface area (Å²) in [5.74, 6) is 0.637. The summed E-state index contributed by atoms with van der Waals surface area (Å²) < 4.78 is 5.52. The average molecular weight is 314 g/mol. The van der Waals surface area contributed by atoms with E-state index in [0.29, 0.717) is 30.7 Å². The number of carbonyl (C=O) groups is 1. The van der Waals surface area contributed by atoms with Crippen LogP contribution in [0.4, 0.5) is 11.4 Å². The van der Waals surface area contributed by atoms with Gasteiger partial charge in [-0.15, -0.1) is 0 Å². The Morgan fingerprint density at radius 2 is 1.96 bits per heavy atom. The number of rotatable bonds is 7. The van der Waals surface area contributed by atoms with Crippen LogP contribution in [0.1, 0.15) is 18.4 Å². The number of non-ortho nitro benzene ring substituents is 1. The number of nitrogens with one attached hydrogen (secondary N) is 1. The SMILES string of the molecule is Cc1cc([N+](=O)[O-])ccc1NC(=O)CCCOc1ccccc1. The molecule has 0 saturated carbocycles. The Hall–Kier alpha value is -2.89. The Kier molecular flexibility index (Phi) is 5.68. The lowest BCUT2D eigenvalue weighted by molar-refractivity contribution is -0.384. The third kappa shape index (κ3) is 5.10. The molecule has 6 heteroatoms. The van der Waals surface area contributed by atoms with E-state index in [1.807, 2.05) is 30.3 Å². The van der Waals surface area contributed by atoms with Crippen molar-refractivity contribution in [1.29, 1.82) is 0 Å². The third-order valence-electron chi connectivity index (χ3n) is 3.26. The molecule has 0 unspecified atom stereocenters. The quantitative estimate of drug-likeness (QED) is 0.480. The number of para-hydroxylation sites is 1.